The van der Waals surface area contributed by atoms with Crippen LogP contribution in [0.4, 0.5) is 5.00 Å². The van der Waals surface area contributed by atoms with E-state index in [4.69, 9.17) is 11.6 Å². The number of hydrogen-bond donors (Lipinski definition) is 1. The molecule has 0 unspecified atom stereocenters. The first-order chi connectivity index (χ1) is 8.63. The summed E-state index contributed by atoms with van der Waals surface area (Å²) >= 11 is 6.88. The van der Waals surface area contributed by atoms with E-state index in [2.05, 4.69) is 15.0 Å². The number of aromatic nitrogens is 3. The Morgan fingerprint density at radius 3 is 3.00 bits per heavy atom. The van der Waals surface area contributed by atoms with Gasteiger partial charge in [-0.25, -0.2) is 9.97 Å². The first-order valence-corrected chi connectivity index (χ1v) is 6.09. The number of aromatic amines is 1. The minimum absolute atomic E-state index is 0.0800. The van der Waals surface area contributed by atoms with Gasteiger partial charge in [0.15, 0.2) is 5.65 Å². The lowest BCUT2D eigenvalue weighted by Gasteiger charge is -1.86. The lowest BCUT2D eigenvalue weighted by atomic mass is 10.4. The summed E-state index contributed by atoms with van der Waals surface area (Å²) in [5.74, 6) is 0.554. The van der Waals surface area contributed by atoms with Gasteiger partial charge in [-0.05, 0) is 12.1 Å². The lowest BCUT2D eigenvalue weighted by Crippen LogP contribution is -1.80. The van der Waals surface area contributed by atoms with Crippen molar-refractivity contribution in [3.63, 3.8) is 0 Å². The van der Waals surface area contributed by atoms with E-state index in [0.717, 1.165) is 11.3 Å². The highest BCUT2D eigenvalue weighted by atomic mass is 35.5. The average Bonchev–Trinajstić information content (AvgIpc) is 2.93. The molecule has 3 rings (SSSR count). The lowest BCUT2D eigenvalue weighted by molar-refractivity contribution is -0.380. The molecule has 0 bridgehead atoms. The second-order valence-electron chi connectivity index (χ2n) is 3.50. The molecule has 0 aliphatic carbocycles. The minimum Gasteiger partial charge on any atom is -0.322 e. The molecule has 0 spiro atoms. The van der Waals surface area contributed by atoms with Crippen LogP contribution < -0.4 is 0 Å². The second kappa shape index (κ2) is 4.04. The van der Waals surface area contributed by atoms with Gasteiger partial charge in [0, 0.05) is 12.3 Å². The molecule has 3 heterocycles. The third-order valence-electron chi connectivity index (χ3n) is 2.31. The molecule has 0 saturated carbocycles. The smallest absolute Gasteiger partial charge is 0.322 e. The van der Waals surface area contributed by atoms with Crippen molar-refractivity contribution in [1.82, 2.24) is 15.0 Å². The molecule has 0 aromatic carbocycles. The van der Waals surface area contributed by atoms with Gasteiger partial charge in [-0.2, -0.15) is 0 Å². The summed E-state index contributed by atoms with van der Waals surface area (Å²) in [6.07, 6.45) is 1.52. The van der Waals surface area contributed by atoms with Gasteiger partial charge in [0.05, 0.1) is 14.8 Å². The average molecular weight is 281 g/mol. The van der Waals surface area contributed by atoms with E-state index in [1.807, 2.05) is 0 Å². The Balaban J connectivity index is 2.10. The van der Waals surface area contributed by atoms with Crippen molar-refractivity contribution >= 4 is 39.1 Å². The Morgan fingerprint density at radius 1 is 1.44 bits per heavy atom. The summed E-state index contributed by atoms with van der Waals surface area (Å²) in [5, 5.41) is 11.2. The molecule has 3 aromatic rings. The number of nitrogens with zero attached hydrogens (tertiary/aromatic N) is 3. The van der Waals surface area contributed by atoms with Crippen LogP contribution in [-0.2, 0) is 0 Å². The Morgan fingerprint density at radius 2 is 2.28 bits per heavy atom. The van der Waals surface area contributed by atoms with Crippen LogP contribution >= 0.6 is 22.9 Å². The van der Waals surface area contributed by atoms with Crippen LogP contribution in [-0.4, -0.2) is 19.9 Å². The quantitative estimate of drug-likeness (QED) is 0.577. The summed E-state index contributed by atoms with van der Waals surface area (Å²) < 4.78 is 0. The molecule has 0 radical (unpaired) electrons. The van der Waals surface area contributed by atoms with Gasteiger partial charge in [0.2, 0.25) is 0 Å². The predicted molar refractivity (Wildman–Crippen MR) is 68.9 cm³/mol. The van der Waals surface area contributed by atoms with Crippen molar-refractivity contribution in [3.8, 4) is 10.7 Å². The van der Waals surface area contributed by atoms with Gasteiger partial charge in [0.25, 0.3) is 0 Å². The van der Waals surface area contributed by atoms with Crippen molar-refractivity contribution < 1.29 is 4.92 Å². The number of H-pyrrole nitrogens is 1. The Bertz CT molecular complexity index is 751. The number of fused-ring (bicyclic) bond motifs is 1. The van der Waals surface area contributed by atoms with Gasteiger partial charge in [-0.1, -0.05) is 22.9 Å². The Hall–Kier alpha value is -1.99. The maximum Gasteiger partial charge on any atom is 0.324 e. The second-order valence-corrected chi connectivity index (χ2v) is 5.00. The molecule has 1 N–H and O–H groups in total. The summed E-state index contributed by atoms with van der Waals surface area (Å²) in [7, 11) is 0. The van der Waals surface area contributed by atoms with Crippen LogP contribution in [0, 0.1) is 10.1 Å². The van der Waals surface area contributed by atoms with Crippen LogP contribution in [0.3, 0.4) is 0 Å². The molecule has 0 saturated heterocycles. The van der Waals surface area contributed by atoms with Crippen LogP contribution in [0.1, 0.15) is 0 Å². The fraction of sp³-hybridized carbons (Fsp3) is 0. The molecule has 3 aromatic heterocycles. The first kappa shape index (κ1) is 11.1. The fourth-order valence-electron chi connectivity index (χ4n) is 1.54. The van der Waals surface area contributed by atoms with Crippen molar-refractivity contribution in [2.75, 3.05) is 0 Å². The molecular weight excluding hydrogens is 276 g/mol. The molecule has 0 aliphatic heterocycles. The molecular formula is C10H5ClN4O2S. The molecule has 0 amide bonds. The zero-order valence-electron chi connectivity index (χ0n) is 8.75. The summed E-state index contributed by atoms with van der Waals surface area (Å²) in [6.45, 7) is 0. The predicted octanol–water partition coefficient (Wildman–Crippen LogP) is 3.25. The minimum atomic E-state index is -0.425. The zero-order chi connectivity index (χ0) is 12.7. The molecule has 0 fully saturated rings. The number of halogens is 1. The van der Waals surface area contributed by atoms with Gasteiger partial charge in [0.1, 0.15) is 11.3 Å². The zero-order valence-corrected chi connectivity index (χ0v) is 10.3. The number of nitrogens with one attached hydrogen (secondary N) is 1. The standard InChI is InChI=1S/C10H5ClN4O2S/c11-5-3-6-9(12-4-5)14-10(13-6)7-1-2-8(18-7)15(16)17/h1-4H,(H,12,13,14). The third-order valence-corrected chi connectivity index (χ3v) is 3.56. The molecule has 6 nitrogen and oxygen atoms in total. The number of pyridine rings is 1. The van der Waals surface area contributed by atoms with Crippen LogP contribution in [0.2, 0.25) is 5.02 Å². The van der Waals surface area contributed by atoms with E-state index >= 15 is 0 Å². The maximum atomic E-state index is 10.6. The molecule has 0 aliphatic rings. The molecule has 0 atom stereocenters. The van der Waals surface area contributed by atoms with Crippen molar-refractivity contribution in [2.45, 2.75) is 0 Å². The largest absolute Gasteiger partial charge is 0.324 e. The third kappa shape index (κ3) is 1.83. The van der Waals surface area contributed by atoms with Gasteiger partial charge in [-0.15, -0.1) is 0 Å². The van der Waals surface area contributed by atoms with Crippen LogP contribution in [0.15, 0.2) is 24.4 Å². The van der Waals surface area contributed by atoms with Gasteiger partial charge < -0.3 is 4.98 Å². The van der Waals surface area contributed by atoms with E-state index in [9.17, 15) is 10.1 Å². The highest BCUT2D eigenvalue weighted by Crippen LogP contribution is 2.31. The Kier molecular flexibility index (Phi) is 2.49. The van der Waals surface area contributed by atoms with E-state index in [1.165, 1.54) is 12.3 Å². The number of imidazole rings is 1. The monoisotopic (exact) mass is 280 g/mol. The number of nitro groups is 1. The SMILES string of the molecule is O=[N+]([O-])c1ccc(-c2nc3cc(Cl)cnc3[nH]2)s1. The van der Waals surface area contributed by atoms with Gasteiger partial charge in [-0.3, -0.25) is 10.1 Å². The number of rotatable bonds is 2. The summed E-state index contributed by atoms with van der Waals surface area (Å²) in [4.78, 5) is 22.3. The Labute approximate surface area is 109 Å². The van der Waals surface area contributed by atoms with Crippen LogP contribution in [0.25, 0.3) is 21.9 Å². The summed E-state index contributed by atoms with van der Waals surface area (Å²) in [5.41, 5.74) is 1.24. The molecule has 90 valence electrons. The normalized spacial score (nSPS) is 10.9. The van der Waals surface area contributed by atoms with Crippen molar-refractivity contribution in [3.05, 3.63) is 39.5 Å². The highest BCUT2D eigenvalue weighted by Gasteiger charge is 2.14. The first-order valence-electron chi connectivity index (χ1n) is 4.89. The number of hydrogen-bond acceptors (Lipinski definition) is 5. The van der Waals surface area contributed by atoms with Gasteiger partial charge >= 0.3 is 5.00 Å². The maximum absolute atomic E-state index is 10.6. The highest BCUT2D eigenvalue weighted by molar-refractivity contribution is 7.18. The van der Waals surface area contributed by atoms with Crippen molar-refractivity contribution in [2.24, 2.45) is 0 Å². The van der Waals surface area contributed by atoms with E-state index in [1.54, 1.807) is 12.1 Å². The number of thiophene rings is 1. The topological polar surface area (TPSA) is 84.7 Å². The molecule has 8 heteroatoms. The fourth-order valence-corrected chi connectivity index (χ4v) is 2.46. The summed E-state index contributed by atoms with van der Waals surface area (Å²) in [6, 6.07) is 4.79. The van der Waals surface area contributed by atoms with Crippen LogP contribution in [0.5, 0.6) is 0 Å². The van der Waals surface area contributed by atoms with E-state index < -0.39 is 4.92 Å². The van der Waals surface area contributed by atoms with E-state index in [-0.39, 0.29) is 5.00 Å². The van der Waals surface area contributed by atoms with Crippen molar-refractivity contribution in [1.29, 1.82) is 0 Å². The van der Waals surface area contributed by atoms with E-state index in [0.29, 0.717) is 26.9 Å². The molecule has 18 heavy (non-hydrogen) atoms.